The van der Waals surface area contributed by atoms with Crippen molar-refractivity contribution >= 4 is 85.7 Å². The zero-order valence-electron chi connectivity index (χ0n) is 18.5. The van der Waals surface area contributed by atoms with E-state index in [2.05, 4.69) is 67.8 Å². The standard InChI is InChI=1S/C22H27I3O7/c1-21(2,12-22(3,4)20(28)31-11-14-10-30-14)19(27)29-7-5-6-17(26)32-18-15(24)8-13(23)9-16(18)25/h8-9,14H,5-7,10-12H2,1-4H3. The molecule has 10 heteroatoms. The Balaban J connectivity index is 1.76. The van der Waals surface area contributed by atoms with Crippen molar-refractivity contribution < 1.29 is 33.3 Å². The average Bonchev–Trinajstić information content (AvgIpc) is 3.49. The van der Waals surface area contributed by atoms with Crippen molar-refractivity contribution in [2.45, 2.75) is 53.1 Å². The lowest BCUT2D eigenvalue weighted by Gasteiger charge is -2.31. The number of carbonyl (C=O) groups excluding carboxylic acids is 3. The van der Waals surface area contributed by atoms with Crippen LogP contribution < -0.4 is 4.74 Å². The second kappa shape index (κ2) is 12.0. The third kappa shape index (κ3) is 8.85. The highest BCUT2D eigenvalue weighted by atomic mass is 127. The van der Waals surface area contributed by atoms with Gasteiger partial charge in [-0.1, -0.05) is 0 Å². The van der Waals surface area contributed by atoms with Crippen molar-refractivity contribution in [1.82, 2.24) is 0 Å². The van der Waals surface area contributed by atoms with Gasteiger partial charge >= 0.3 is 17.9 Å². The number of hydrogen-bond acceptors (Lipinski definition) is 7. The predicted molar refractivity (Wildman–Crippen MR) is 143 cm³/mol. The number of hydrogen-bond donors (Lipinski definition) is 0. The van der Waals surface area contributed by atoms with Crippen molar-refractivity contribution in [3.8, 4) is 5.75 Å². The van der Waals surface area contributed by atoms with Crippen LogP contribution in [0.5, 0.6) is 5.75 Å². The van der Waals surface area contributed by atoms with Crippen LogP contribution in [0.3, 0.4) is 0 Å². The van der Waals surface area contributed by atoms with Crippen LogP contribution in [0.25, 0.3) is 0 Å². The van der Waals surface area contributed by atoms with Gasteiger partial charge in [0.15, 0.2) is 5.75 Å². The van der Waals surface area contributed by atoms with Crippen LogP contribution in [-0.2, 0) is 28.6 Å². The van der Waals surface area contributed by atoms with E-state index in [1.807, 2.05) is 12.1 Å². The molecule has 0 aliphatic carbocycles. The first-order valence-corrected chi connectivity index (χ1v) is 13.4. The summed E-state index contributed by atoms with van der Waals surface area (Å²) in [5, 5.41) is 0. The second-order valence-corrected chi connectivity index (χ2v) is 12.5. The molecule has 1 aromatic rings. The van der Waals surface area contributed by atoms with E-state index in [1.54, 1.807) is 27.7 Å². The number of ether oxygens (including phenoxy) is 4. The minimum Gasteiger partial charge on any atom is -0.465 e. The quantitative estimate of drug-likeness (QED) is 0.101. The van der Waals surface area contributed by atoms with E-state index in [9.17, 15) is 14.4 Å². The Labute approximate surface area is 229 Å². The van der Waals surface area contributed by atoms with E-state index in [4.69, 9.17) is 18.9 Å². The summed E-state index contributed by atoms with van der Waals surface area (Å²) < 4.78 is 24.0. The third-order valence-electron chi connectivity index (χ3n) is 4.73. The highest BCUT2D eigenvalue weighted by molar-refractivity contribution is 14.1. The largest absolute Gasteiger partial charge is 0.465 e. The lowest BCUT2D eigenvalue weighted by molar-refractivity contribution is -0.162. The summed E-state index contributed by atoms with van der Waals surface area (Å²) in [4.78, 5) is 37.1. The van der Waals surface area contributed by atoms with Crippen LogP contribution in [0.15, 0.2) is 12.1 Å². The Bertz CT molecular complexity index is 840. The summed E-state index contributed by atoms with van der Waals surface area (Å²) in [7, 11) is 0. The Hall–Kier alpha value is -0.220. The Morgan fingerprint density at radius 2 is 1.53 bits per heavy atom. The molecule has 0 spiro atoms. The summed E-state index contributed by atoms with van der Waals surface area (Å²) in [6.45, 7) is 7.93. The van der Waals surface area contributed by atoms with Crippen molar-refractivity contribution in [3.05, 3.63) is 22.8 Å². The first-order chi connectivity index (χ1) is 14.8. The minimum absolute atomic E-state index is 0.00278. The molecule has 0 amide bonds. The van der Waals surface area contributed by atoms with Crippen molar-refractivity contribution in [2.24, 2.45) is 10.8 Å². The number of rotatable bonds is 11. The van der Waals surface area contributed by atoms with Gasteiger partial charge in [-0.2, -0.15) is 0 Å². The molecule has 1 heterocycles. The topological polar surface area (TPSA) is 91.4 Å². The Morgan fingerprint density at radius 3 is 2.06 bits per heavy atom. The molecule has 1 unspecified atom stereocenters. The van der Waals surface area contributed by atoms with Gasteiger partial charge in [-0.15, -0.1) is 0 Å². The van der Waals surface area contributed by atoms with Gasteiger partial charge in [0.1, 0.15) is 12.7 Å². The molecule has 1 saturated heterocycles. The minimum atomic E-state index is -0.882. The van der Waals surface area contributed by atoms with Crippen LogP contribution in [0, 0.1) is 21.5 Å². The van der Waals surface area contributed by atoms with Crippen LogP contribution in [0.2, 0.25) is 0 Å². The monoisotopic (exact) mass is 784 g/mol. The zero-order valence-corrected chi connectivity index (χ0v) is 24.9. The summed E-state index contributed by atoms with van der Waals surface area (Å²) in [6.07, 6.45) is 0.754. The highest BCUT2D eigenvalue weighted by Crippen LogP contribution is 2.36. The number of epoxide rings is 1. The van der Waals surface area contributed by atoms with E-state index in [0.29, 0.717) is 18.8 Å². The Morgan fingerprint density at radius 1 is 1.00 bits per heavy atom. The first-order valence-electron chi connectivity index (χ1n) is 10.1. The molecule has 0 N–H and O–H groups in total. The lowest BCUT2D eigenvalue weighted by atomic mass is 9.75. The zero-order chi connectivity index (χ0) is 24.1. The predicted octanol–water partition coefficient (Wildman–Crippen LogP) is 5.11. The van der Waals surface area contributed by atoms with Crippen molar-refractivity contribution in [1.29, 1.82) is 0 Å². The third-order valence-corrected chi connectivity index (χ3v) is 6.95. The second-order valence-electron chi connectivity index (χ2n) is 8.91. The van der Waals surface area contributed by atoms with Gasteiger partial charge in [-0.25, -0.2) is 0 Å². The van der Waals surface area contributed by atoms with Gasteiger partial charge in [0.2, 0.25) is 0 Å². The number of esters is 3. The molecule has 0 saturated carbocycles. The summed E-state index contributed by atoms with van der Waals surface area (Å²) in [5.74, 6) is -0.603. The van der Waals surface area contributed by atoms with Crippen molar-refractivity contribution in [3.63, 3.8) is 0 Å². The van der Waals surface area contributed by atoms with Gasteiger partial charge in [-0.05, 0) is 120 Å². The van der Waals surface area contributed by atoms with E-state index in [-0.39, 0.29) is 44.1 Å². The molecule has 178 valence electrons. The molecular formula is C22H27I3O7. The first kappa shape index (κ1) is 28.0. The molecule has 1 aliphatic rings. The Kier molecular flexibility index (Phi) is 10.5. The average molecular weight is 784 g/mol. The normalized spacial score (nSPS) is 15.8. The van der Waals surface area contributed by atoms with Crippen LogP contribution in [-0.4, -0.2) is 43.8 Å². The van der Waals surface area contributed by atoms with E-state index in [1.165, 1.54) is 0 Å². The molecule has 32 heavy (non-hydrogen) atoms. The maximum Gasteiger partial charge on any atom is 0.311 e. The van der Waals surface area contributed by atoms with Crippen LogP contribution in [0.4, 0.5) is 0 Å². The van der Waals surface area contributed by atoms with Gasteiger partial charge in [0.25, 0.3) is 0 Å². The fourth-order valence-electron chi connectivity index (χ4n) is 3.15. The summed E-state index contributed by atoms with van der Waals surface area (Å²) >= 11 is 6.49. The molecule has 0 bridgehead atoms. The molecular weight excluding hydrogens is 757 g/mol. The van der Waals surface area contributed by atoms with E-state index < -0.39 is 16.8 Å². The lowest BCUT2D eigenvalue weighted by Crippen LogP contribution is -2.37. The van der Waals surface area contributed by atoms with Gasteiger partial charge in [0, 0.05) is 9.99 Å². The molecule has 1 aliphatic heterocycles. The molecule has 0 aromatic heterocycles. The summed E-state index contributed by atoms with van der Waals surface area (Å²) in [5.41, 5.74) is -1.73. The van der Waals surface area contributed by atoms with Gasteiger partial charge < -0.3 is 18.9 Å². The van der Waals surface area contributed by atoms with Crippen molar-refractivity contribution in [2.75, 3.05) is 19.8 Å². The van der Waals surface area contributed by atoms with Crippen LogP contribution in [0.1, 0.15) is 47.0 Å². The van der Waals surface area contributed by atoms with E-state index >= 15 is 0 Å². The van der Waals surface area contributed by atoms with Crippen LogP contribution >= 0.6 is 67.8 Å². The highest BCUT2D eigenvalue weighted by Gasteiger charge is 2.41. The van der Waals surface area contributed by atoms with Gasteiger partial charge in [0.05, 0.1) is 31.2 Å². The fraction of sp³-hybridized carbons (Fsp3) is 0.591. The summed E-state index contributed by atoms with van der Waals surface area (Å²) in [6, 6.07) is 3.87. The maximum atomic E-state index is 12.6. The molecule has 0 radical (unpaired) electrons. The SMILES string of the molecule is CC(C)(CC(C)(C)C(=O)OCC1CO1)C(=O)OCCCC(=O)Oc1c(I)cc(I)cc1I. The smallest absolute Gasteiger partial charge is 0.311 e. The number of carbonyl (C=O) groups is 3. The molecule has 1 fully saturated rings. The fourth-order valence-corrected chi connectivity index (χ4v) is 6.95. The molecule has 2 rings (SSSR count). The number of halogens is 3. The number of benzene rings is 1. The molecule has 1 atom stereocenters. The van der Waals surface area contributed by atoms with E-state index in [0.717, 1.165) is 10.7 Å². The van der Waals surface area contributed by atoms with Gasteiger partial charge in [-0.3, -0.25) is 14.4 Å². The maximum absolute atomic E-state index is 12.6. The molecule has 7 nitrogen and oxygen atoms in total. The molecule has 1 aromatic carbocycles.